The van der Waals surface area contributed by atoms with Gasteiger partial charge in [0.15, 0.2) is 0 Å². The van der Waals surface area contributed by atoms with E-state index in [-0.39, 0.29) is 12.5 Å². The minimum atomic E-state index is -1.33. The van der Waals surface area contributed by atoms with Crippen molar-refractivity contribution >= 4 is 18.0 Å². The van der Waals surface area contributed by atoms with Crippen molar-refractivity contribution in [3.8, 4) is 11.1 Å². The molecule has 29 heavy (non-hydrogen) atoms. The molecule has 1 aliphatic carbocycles. The first-order chi connectivity index (χ1) is 13.7. The van der Waals surface area contributed by atoms with Crippen molar-refractivity contribution in [2.45, 2.75) is 38.3 Å². The maximum atomic E-state index is 12.3. The minimum absolute atomic E-state index is 0.0860. The van der Waals surface area contributed by atoms with E-state index < -0.39 is 29.6 Å². The molecule has 1 unspecified atom stereocenters. The highest BCUT2D eigenvalue weighted by Crippen LogP contribution is 2.44. The van der Waals surface area contributed by atoms with E-state index in [2.05, 4.69) is 10.6 Å². The summed E-state index contributed by atoms with van der Waals surface area (Å²) in [5, 5.41) is 13.8. The number of carboxylic acid groups (broad SMARTS) is 1. The number of aliphatic carboxylic acids is 1. The third-order valence-electron chi connectivity index (χ3n) is 5.04. The molecule has 0 saturated heterocycles. The van der Waals surface area contributed by atoms with Gasteiger partial charge in [0.2, 0.25) is 5.91 Å². The number of benzene rings is 2. The van der Waals surface area contributed by atoms with Crippen LogP contribution >= 0.6 is 0 Å². The smallest absolute Gasteiger partial charge is 0.408 e. The molecule has 0 aliphatic heterocycles. The van der Waals surface area contributed by atoms with Gasteiger partial charge in [-0.15, -0.1) is 0 Å². The van der Waals surface area contributed by atoms with Gasteiger partial charge in [-0.2, -0.15) is 0 Å². The second-order valence-electron chi connectivity index (χ2n) is 7.61. The maximum absolute atomic E-state index is 12.3. The van der Waals surface area contributed by atoms with Crippen molar-refractivity contribution in [2.75, 3.05) is 6.61 Å². The number of rotatable bonds is 6. The molecule has 0 radical (unpaired) electrons. The number of amides is 2. The van der Waals surface area contributed by atoms with Gasteiger partial charge in [0, 0.05) is 5.92 Å². The van der Waals surface area contributed by atoms with Crippen LogP contribution in [0, 0.1) is 0 Å². The van der Waals surface area contributed by atoms with Crippen LogP contribution in [0.4, 0.5) is 4.79 Å². The molecule has 7 heteroatoms. The number of fused-ring (bicyclic) bond motifs is 3. The zero-order valence-electron chi connectivity index (χ0n) is 16.6. The fourth-order valence-electron chi connectivity index (χ4n) is 3.39. The molecular formula is C22H24N2O5. The van der Waals surface area contributed by atoms with Gasteiger partial charge in [0.05, 0.1) is 0 Å². The molecule has 2 aromatic carbocycles. The molecule has 1 aliphatic rings. The zero-order valence-corrected chi connectivity index (χ0v) is 16.6. The number of hydrogen-bond acceptors (Lipinski definition) is 4. The summed E-state index contributed by atoms with van der Waals surface area (Å²) < 4.78 is 5.43. The molecule has 152 valence electrons. The van der Waals surface area contributed by atoms with E-state index in [0.717, 1.165) is 22.3 Å². The highest BCUT2D eigenvalue weighted by atomic mass is 16.5. The monoisotopic (exact) mass is 396 g/mol. The van der Waals surface area contributed by atoms with E-state index in [1.54, 1.807) is 0 Å². The van der Waals surface area contributed by atoms with Crippen LogP contribution < -0.4 is 10.6 Å². The number of ether oxygens (including phenoxy) is 1. The Hall–Kier alpha value is -3.35. The zero-order chi connectivity index (χ0) is 21.2. The van der Waals surface area contributed by atoms with Crippen LogP contribution in [0.25, 0.3) is 11.1 Å². The molecule has 0 spiro atoms. The molecular weight excluding hydrogens is 372 g/mol. The molecule has 2 aromatic rings. The lowest BCUT2D eigenvalue weighted by Gasteiger charge is -2.26. The molecule has 0 aromatic heterocycles. The lowest BCUT2D eigenvalue weighted by Crippen LogP contribution is -2.57. The average Bonchev–Trinajstić information content (AvgIpc) is 2.99. The summed E-state index contributed by atoms with van der Waals surface area (Å²) in [5.74, 6) is -1.85. The summed E-state index contributed by atoms with van der Waals surface area (Å²) in [5.41, 5.74) is 3.10. The van der Waals surface area contributed by atoms with E-state index in [1.165, 1.54) is 20.8 Å². The van der Waals surface area contributed by atoms with Crippen molar-refractivity contribution < 1.29 is 24.2 Å². The van der Waals surface area contributed by atoms with Crippen LogP contribution in [-0.2, 0) is 14.3 Å². The number of carbonyl (C=O) groups is 3. The van der Waals surface area contributed by atoms with Gasteiger partial charge in [-0.3, -0.25) is 9.59 Å². The first-order valence-electron chi connectivity index (χ1n) is 9.37. The van der Waals surface area contributed by atoms with Crippen LogP contribution in [0.3, 0.4) is 0 Å². The Labute approximate surface area is 169 Å². The average molecular weight is 396 g/mol. The maximum Gasteiger partial charge on any atom is 0.408 e. The summed E-state index contributed by atoms with van der Waals surface area (Å²) >= 11 is 0. The first-order valence-corrected chi connectivity index (χ1v) is 9.37. The quantitative estimate of drug-likeness (QED) is 0.696. The van der Waals surface area contributed by atoms with Crippen molar-refractivity contribution in [3.05, 3.63) is 59.7 Å². The fraction of sp³-hybridized carbons (Fsp3) is 0.318. The van der Waals surface area contributed by atoms with Crippen molar-refractivity contribution in [1.82, 2.24) is 10.6 Å². The Morgan fingerprint density at radius 3 is 2.07 bits per heavy atom. The van der Waals surface area contributed by atoms with Crippen LogP contribution in [0.5, 0.6) is 0 Å². The molecule has 1 atom stereocenters. The van der Waals surface area contributed by atoms with Crippen LogP contribution in [0.2, 0.25) is 0 Å². The molecule has 0 fully saturated rings. The van der Waals surface area contributed by atoms with E-state index in [0.29, 0.717) is 0 Å². The Morgan fingerprint density at radius 1 is 1.03 bits per heavy atom. The van der Waals surface area contributed by atoms with Gasteiger partial charge in [-0.25, -0.2) is 4.79 Å². The molecule has 0 saturated carbocycles. The van der Waals surface area contributed by atoms with E-state index in [1.807, 2.05) is 48.5 Å². The lowest BCUT2D eigenvalue weighted by molar-refractivity contribution is -0.142. The van der Waals surface area contributed by atoms with Crippen LogP contribution in [-0.4, -0.2) is 41.3 Å². The molecule has 2 amide bonds. The van der Waals surface area contributed by atoms with Crippen molar-refractivity contribution in [1.29, 1.82) is 0 Å². The number of carbonyl (C=O) groups excluding carboxylic acids is 2. The van der Waals surface area contributed by atoms with E-state index >= 15 is 0 Å². The Bertz CT molecular complexity index is 908. The van der Waals surface area contributed by atoms with Gasteiger partial charge < -0.3 is 20.5 Å². The molecule has 0 bridgehead atoms. The Kier molecular flexibility index (Phi) is 5.59. The second-order valence-corrected chi connectivity index (χ2v) is 7.61. The van der Waals surface area contributed by atoms with Gasteiger partial charge in [0.1, 0.15) is 18.2 Å². The summed E-state index contributed by atoms with van der Waals surface area (Å²) in [6.45, 7) is 4.45. The van der Waals surface area contributed by atoms with Crippen LogP contribution in [0.15, 0.2) is 48.5 Å². The fourth-order valence-corrected chi connectivity index (χ4v) is 3.39. The number of carboxylic acids is 1. The topological polar surface area (TPSA) is 105 Å². The standard InChI is InChI=1S/C22H24N2O5/c1-13(19(25)26)23-20(27)22(2,3)24-21(28)29-12-18-16-10-6-4-8-14(16)15-9-5-7-11-17(15)18/h4-11,13,18H,12H2,1-3H3,(H,23,27)(H,24,28)(H,25,26). The summed E-state index contributed by atoms with van der Waals surface area (Å²) in [4.78, 5) is 35.5. The summed E-state index contributed by atoms with van der Waals surface area (Å²) in [7, 11) is 0. The van der Waals surface area contributed by atoms with E-state index in [9.17, 15) is 14.4 Å². The minimum Gasteiger partial charge on any atom is -0.480 e. The third-order valence-corrected chi connectivity index (χ3v) is 5.04. The van der Waals surface area contributed by atoms with Gasteiger partial charge in [0.25, 0.3) is 0 Å². The highest BCUT2D eigenvalue weighted by molar-refractivity contribution is 5.91. The third kappa shape index (κ3) is 4.23. The number of alkyl carbamates (subject to hydrolysis) is 1. The largest absolute Gasteiger partial charge is 0.480 e. The van der Waals surface area contributed by atoms with E-state index in [4.69, 9.17) is 9.84 Å². The number of nitrogens with one attached hydrogen (secondary N) is 2. The molecule has 3 rings (SSSR count). The Balaban J connectivity index is 1.65. The molecule has 0 heterocycles. The predicted molar refractivity (Wildman–Crippen MR) is 108 cm³/mol. The van der Waals surface area contributed by atoms with Gasteiger partial charge in [-0.1, -0.05) is 48.5 Å². The van der Waals surface area contributed by atoms with Crippen molar-refractivity contribution in [2.24, 2.45) is 0 Å². The normalized spacial score (nSPS) is 13.8. The van der Waals surface area contributed by atoms with Gasteiger partial charge in [-0.05, 0) is 43.0 Å². The predicted octanol–water partition coefficient (Wildman–Crippen LogP) is 2.89. The SMILES string of the molecule is CC(NC(=O)C(C)(C)NC(=O)OCC1c2ccccc2-c2ccccc21)C(=O)O. The lowest BCUT2D eigenvalue weighted by atomic mass is 9.98. The molecule has 3 N–H and O–H groups in total. The highest BCUT2D eigenvalue weighted by Gasteiger charge is 2.33. The Morgan fingerprint density at radius 2 is 1.55 bits per heavy atom. The molecule has 7 nitrogen and oxygen atoms in total. The van der Waals surface area contributed by atoms with Gasteiger partial charge >= 0.3 is 12.1 Å². The summed E-state index contributed by atoms with van der Waals surface area (Å²) in [6.07, 6.45) is -0.741. The summed E-state index contributed by atoms with van der Waals surface area (Å²) in [6, 6.07) is 14.9. The van der Waals surface area contributed by atoms with Crippen LogP contribution in [0.1, 0.15) is 37.8 Å². The second kappa shape index (κ2) is 7.95. The van der Waals surface area contributed by atoms with Crippen molar-refractivity contribution in [3.63, 3.8) is 0 Å². The first kappa shape index (κ1) is 20.4. The number of hydrogen-bond donors (Lipinski definition) is 3.